The van der Waals surface area contributed by atoms with Gasteiger partial charge in [-0.3, -0.25) is 4.79 Å². The van der Waals surface area contributed by atoms with Crippen LogP contribution in [0.5, 0.6) is 0 Å². The first-order valence-corrected chi connectivity index (χ1v) is 10.7. The van der Waals surface area contributed by atoms with Crippen LogP contribution in [0.25, 0.3) is 11.0 Å². The third kappa shape index (κ3) is 3.84. The number of aromatic nitrogens is 2. The average molecular weight is 407 g/mol. The number of fused-ring (bicyclic) bond motifs is 1. The van der Waals surface area contributed by atoms with Gasteiger partial charge >= 0.3 is 0 Å². The number of halogens is 1. The summed E-state index contributed by atoms with van der Waals surface area (Å²) in [4.78, 5) is 22.2. The van der Waals surface area contributed by atoms with Crippen LogP contribution in [0.4, 0.5) is 4.39 Å². The molecular formula is C24H26FN3O2. The van der Waals surface area contributed by atoms with Gasteiger partial charge in [0.05, 0.1) is 23.0 Å². The van der Waals surface area contributed by atoms with Gasteiger partial charge in [0.1, 0.15) is 5.82 Å². The summed E-state index contributed by atoms with van der Waals surface area (Å²) in [6.07, 6.45) is 6.21. The van der Waals surface area contributed by atoms with E-state index in [-0.39, 0.29) is 17.3 Å². The number of hydrogen-bond donors (Lipinski definition) is 1. The first-order valence-electron chi connectivity index (χ1n) is 10.7. The van der Waals surface area contributed by atoms with Crippen molar-refractivity contribution in [3.63, 3.8) is 0 Å². The number of amides is 1. The molecule has 3 aromatic rings. The smallest absolute Gasteiger partial charge is 0.253 e. The molecule has 1 atom stereocenters. The molecule has 0 bridgehead atoms. The topological polar surface area (TPSA) is 58.2 Å². The van der Waals surface area contributed by atoms with Crippen LogP contribution in [0.15, 0.2) is 48.8 Å². The van der Waals surface area contributed by atoms with E-state index in [0.29, 0.717) is 24.6 Å². The molecular weight excluding hydrogens is 381 g/mol. The van der Waals surface area contributed by atoms with Gasteiger partial charge in [0.2, 0.25) is 0 Å². The normalized spacial score (nSPS) is 21.2. The van der Waals surface area contributed by atoms with Crippen LogP contribution in [0.3, 0.4) is 0 Å². The highest BCUT2D eigenvalue weighted by atomic mass is 19.1. The van der Waals surface area contributed by atoms with Crippen molar-refractivity contribution in [3.8, 4) is 0 Å². The number of ether oxygens (including phenoxy) is 1. The van der Waals surface area contributed by atoms with Crippen molar-refractivity contribution < 1.29 is 13.9 Å². The molecule has 6 heteroatoms. The third-order valence-electron chi connectivity index (χ3n) is 6.64. The zero-order chi connectivity index (χ0) is 20.6. The Hall–Kier alpha value is -2.73. The summed E-state index contributed by atoms with van der Waals surface area (Å²) >= 11 is 0. The molecule has 156 valence electrons. The number of carbonyl (C=O) groups excluding carboxylic acids is 1. The molecule has 3 heterocycles. The Kier molecular flexibility index (Phi) is 5.03. The second kappa shape index (κ2) is 7.84. The first kappa shape index (κ1) is 19.2. The number of hydrogen-bond acceptors (Lipinski definition) is 3. The number of likely N-dealkylation sites (tertiary alicyclic amines) is 1. The van der Waals surface area contributed by atoms with E-state index in [1.165, 1.54) is 6.07 Å². The number of benzene rings is 2. The molecule has 2 fully saturated rings. The highest BCUT2D eigenvalue weighted by Gasteiger charge is 2.41. The van der Waals surface area contributed by atoms with E-state index in [4.69, 9.17) is 4.74 Å². The van der Waals surface area contributed by atoms with Crippen molar-refractivity contribution in [2.45, 2.75) is 37.7 Å². The van der Waals surface area contributed by atoms with Gasteiger partial charge in [-0.05, 0) is 73.9 Å². The van der Waals surface area contributed by atoms with E-state index in [1.807, 2.05) is 29.2 Å². The van der Waals surface area contributed by atoms with Gasteiger partial charge < -0.3 is 14.6 Å². The molecule has 1 amide bonds. The van der Waals surface area contributed by atoms with Crippen molar-refractivity contribution in [1.29, 1.82) is 0 Å². The second-order valence-electron chi connectivity index (χ2n) is 8.65. The quantitative estimate of drug-likeness (QED) is 0.702. The minimum Gasteiger partial charge on any atom is -0.375 e. The van der Waals surface area contributed by atoms with E-state index in [1.54, 1.807) is 18.5 Å². The molecule has 1 spiro atoms. The Balaban J connectivity index is 1.22. The van der Waals surface area contributed by atoms with Crippen molar-refractivity contribution in [2.24, 2.45) is 5.92 Å². The fraction of sp³-hybridized carbons (Fsp3) is 0.417. The summed E-state index contributed by atoms with van der Waals surface area (Å²) in [5.41, 5.74) is 3.34. The van der Waals surface area contributed by atoms with Crippen molar-refractivity contribution in [2.75, 3.05) is 19.7 Å². The SMILES string of the molecule is O=C(c1ccc2nc[nH]c2c1)N1CCC2(CC1)CC(Cc1cccc(F)c1)CCO2. The van der Waals surface area contributed by atoms with Gasteiger partial charge in [0.15, 0.2) is 0 Å². The lowest BCUT2D eigenvalue weighted by Crippen LogP contribution is -2.51. The molecule has 0 saturated carbocycles. The Morgan fingerprint density at radius 1 is 1.23 bits per heavy atom. The maximum absolute atomic E-state index is 13.5. The van der Waals surface area contributed by atoms with Crippen LogP contribution in [0.2, 0.25) is 0 Å². The van der Waals surface area contributed by atoms with E-state index in [9.17, 15) is 9.18 Å². The summed E-state index contributed by atoms with van der Waals surface area (Å²) in [5, 5.41) is 0. The molecule has 2 saturated heterocycles. The summed E-state index contributed by atoms with van der Waals surface area (Å²) in [6, 6.07) is 12.5. The number of aromatic amines is 1. The molecule has 2 aliphatic rings. The number of H-pyrrole nitrogens is 1. The Morgan fingerprint density at radius 2 is 2.10 bits per heavy atom. The van der Waals surface area contributed by atoms with Crippen LogP contribution < -0.4 is 0 Å². The van der Waals surface area contributed by atoms with Crippen molar-refractivity contribution >= 4 is 16.9 Å². The summed E-state index contributed by atoms with van der Waals surface area (Å²) < 4.78 is 19.8. The molecule has 1 N–H and O–H groups in total. The highest BCUT2D eigenvalue weighted by molar-refractivity contribution is 5.97. The molecule has 5 nitrogen and oxygen atoms in total. The first-order chi connectivity index (χ1) is 14.6. The second-order valence-corrected chi connectivity index (χ2v) is 8.65. The lowest BCUT2D eigenvalue weighted by molar-refractivity contribution is -0.123. The fourth-order valence-electron chi connectivity index (χ4n) is 5.02. The van der Waals surface area contributed by atoms with Crippen LogP contribution in [-0.2, 0) is 11.2 Å². The number of rotatable bonds is 3. The average Bonchev–Trinajstić information content (AvgIpc) is 3.22. The standard InChI is InChI=1S/C24H26FN3O2/c25-20-3-1-2-17(13-20)12-18-6-11-30-24(15-18)7-9-28(10-8-24)23(29)19-4-5-21-22(14-19)27-16-26-21/h1-5,13-14,16,18H,6-12,15H2,(H,26,27). The lowest BCUT2D eigenvalue weighted by Gasteiger charge is -2.46. The molecule has 2 aromatic carbocycles. The molecule has 5 rings (SSSR count). The number of piperidine rings is 1. The minimum atomic E-state index is -0.172. The molecule has 0 radical (unpaired) electrons. The van der Waals surface area contributed by atoms with Gasteiger partial charge in [-0.15, -0.1) is 0 Å². The van der Waals surface area contributed by atoms with Gasteiger partial charge in [-0.2, -0.15) is 0 Å². The largest absolute Gasteiger partial charge is 0.375 e. The van der Waals surface area contributed by atoms with Gasteiger partial charge in [0.25, 0.3) is 5.91 Å². The fourth-order valence-corrected chi connectivity index (χ4v) is 5.02. The van der Waals surface area contributed by atoms with Crippen molar-refractivity contribution in [1.82, 2.24) is 14.9 Å². The van der Waals surface area contributed by atoms with Crippen LogP contribution in [-0.4, -0.2) is 46.1 Å². The van der Waals surface area contributed by atoms with E-state index in [0.717, 1.165) is 55.3 Å². The highest BCUT2D eigenvalue weighted by Crippen LogP contribution is 2.39. The molecule has 1 aromatic heterocycles. The zero-order valence-corrected chi connectivity index (χ0v) is 16.9. The van der Waals surface area contributed by atoms with Gasteiger partial charge in [-0.25, -0.2) is 9.37 Å². The number of nitrogens with zero attached hydrogens (tertiary/aromatic N) is 2. The van der Waals surface area contributed by atoms with E-state index < -0.39 is 0 Å². The van der Waals surface area contributed by atoms with Crippen LogP contribution >= 0.6 is 0 Å². The van der Waals surface area contributed by atoms with Crippen LogP contribution in [0, 0.1) is 11.7 Å². The molecule has 2 aliphatic heterocycles. The summed E-state index contributed by atoms with van der Waals surface area (Å²) in [6.45, 7) is 2.14. The third-order valence-corrected chi connectivity index (χ3v) is 6.64. The molecule has 1 unspecified atom stereocenters. The van der Waals surface area contributed by atoms with Gasteiger partial charge in [0, 0.05) is 25.3 Å². The van der Waals surface area contributed by atoms with E-state index in [2.05, 4.69) is 9.97 Å². The van der Waals surface area contributed by atoms with E-state index >= 15 is 0 Å². The Morgan fingerprint density at radius 3 is 2.93 bits per heavy atom. The van der Waals surface area contributed by atoms with Crippen molar-refractivity contribution in [3.05, 3.63) is 65.7 Å². The van der Waals surface area contributed by atoms with Crippen LogP contribution in [0.1, 0.15) is 41.6 Å². The summed E-state index contributed by atoms with van der Waals surface area (Å²) in [5.74, 6) is 0.383. The van der Waals surface area contributed by atoms with Gasteiger partial charge in [-0.1, -0.05) is 12.1 Å². The number of carbonyl (C=O) groups is 1. The zero-order valence-electron chi connectivity index (χ0n) is 16.9. The number of imidazole rings is 1. The predicted molar refractivity (Wildman–Crippen MR) is 113 cm³/mol. The maximum atomic E-state index is 13.5. The monoisotopic (exact) mass is 407 g/mol. The molecule has 30 heavy (non-hydrogen) atoms. The maximum Gasteiger partial charge on any atom is 0.253 e. The Labute approximate surface area is 175 Å². The Bertz CT molecular complexity index is 1060. The predicted octanol–water partition coefficient (Wildman–Crippen LogP) is 4.35. The summed E-state index contributed by atoms with van der Waals surface area (Å²) in [7, 11) is 0. The number of nitrogens with one attached hydrogen (secondary N) is 1. The molecule has 0 aliphatic carbocycles. The minimum absolute atomic E-state index is 0.0634. The lowest BCUT2D eigenvalue weighted by atomic mass is 9.77.